The third kappa shape index (κ3) is 5.01. The molecule has 0 radical (unpaired) electrons. The van der Waals surface area contributed by atoms with Gasteiger partial charge in [0.2, 0.25) is 0 Å². The molecule has 1 fully saturated rings. The normalized spacial score (nSPS) is 18.4. The van der Waals surface area contributed by atoms with Crippen LogP contribution in [-0.4, -0.2) is 59.2 Å². The van der Waals surface area contributed by atoms with Gasteiger partial charge in [0.25, 0.3) is 5.91 Å². The standard InChI is InChI=1S/C36H39N9O2/c1-22-38-18-27-19-43(14-15-44(22)27)25-9-11-26(12-10-25)45-20-28(33-34(37)39-21-40-35(33)45)23-8-13-29(32(17-23)47-3)41-36(46)31-16-24-6-4-5-7-30(24)42(31)2/h4-8,13,16-18,20-21,25-26H,9-12,14-15,19H2,1-3H3,(H,41,46)(H2,37,39,40). The van der Waals surface area contributed by atoms with Crippen molar-refractivity contribution in [2.45, 2.75) is 57.8 Å². The van der Waals surface area contributed by atoms with Crippen molar-refractivity contribution in [1.29, 1.82) is 0 Å². The van der Waals surface area contributed by atoms with Gasteiger partial charge in [0.05, 0.1) is 23.9 Å². The Morgan fingerprint density at radius 3 is 2.62 bits per heavy atom. The van der Waals surface area contributed by atoms with Crippen LogP contribution >= 0.6 is 0 Å². The largest absolute Gasteiger partial charge is 0.495 e. The van der Waals surface area contributed by atoms with E-state index < -0.39 is 0 Å². The highest BCUT2D eigenvalue weighted by Crippen LogP contribution is 2.41. The Bertz CT molecular complexity index is 2130. The summed E-state index contributed by atoms with van der Waals surface area (Å²) in [6, 6.07) is 16.6. The van der Waals surface area contributed by atoms with Gasteiger partial charge in [0.1, 0.15) is 35.1 Å². The van der Waals surface area contributed by atoms with Crippen molar-refractivity contribution < 1.29 is 9.53 Å². The Labute approximate surface area is 273 Å². The number of hydrogen-bond donors (Lipinski definition) is 2. The van der Waals surface area contributed by atoms with Crippen molar-refractivity contribution in [2.75, 3.05) is 24.7 Å². The molecule has 1 saturated carbocycles. The molecule has 0 bridgehead atoms. The number of nitrogens with two attached hydrogens (primary N) is 1. The predicted octanol–water partition coefficient (Wildman–Crippen LogP) is 5.94. The molecule has 2 aliphatic rings. The minimum atomic E-state index is -0.204. The average molecular weight is 630 g/mol. The van der Waals surface area contributed by atoms with Crippen LogP contribution in [0.1, 0.15) is 53.7 Å². The lowest BCUT2D eigenvalue weighted by molar-refractivity contribution is 0.101. The molecule has 47 heavy (non-hydrogen) atoms. The minimum Gasteiger partial charge on any atom is -0.495 e. The van der Waals surface area contributed by atoms with E-state index in [0.717, 1.165) is 84.2 Å². The maximum absolute atomic E-state index is 13.4. The molecule has 2 aromatic carbocycles. The Balaban J connectivity index is 1.05. The van der Waals surface area contributed by atoms with Gasteiger partial charge in [-0.05, 0) is 62.4 Å². The Hall–Kier alpha value is -5.16. The van der Waals surface area contributed by atoms with Gasteiger partial charge < -0.3 is 29.5 Å². The number of fused-ring (bicyclic) bond motifs is 3. The maximum Gasteiger partial charge on any atom is 0.272 e. The number of anilines is 2. The second kappa shape index (κ2) is 11.6. The Morgan fingerprint density at radius 2 is 1.81 bits per heavy atom. The lowest BCUT2D eigenvalue weighted by atomic mass is 9.89. The van der Waals surface area contributed by atoms with E-state index in [-0.39, 0.29) is 5.91 Å². The number of amides is 1. The number of methoxy groups -OCH3 is 1. The molecule has 11 heteroatoms. The van der Waals surface area contributed by atoms with E-state index >= 15 is 0 Å². The highest BCUT2D eigenvalue weighted by molar-refractivity contribution is 6.07. The number of carbonyl (C=O) groups excluding carboxylic acids is 1. The number of para-hydroxylation sites is 1. The van der Waals surface area contributed by atoms with E-state index in [1.165, 1.54) is 5.69 Å². The van der Waals surface area contributed by atoms with Gasteiger partial charge in [-0.3, -0.25) is 9.69 Å². The van der Waals surface area contributed by atoms with Crippen LogP contribution in [0.4, 0.5) is 11.5 Å². The fourth-order valence-electron chi connectivity index (χ4n) is 7.74. The molecule has 8 rings (SSSR count). The summed E-state index contributed by atoms with van der Waals surface area (Å²) in [5, 5.41) is 4.91. The zero-order valence-corrected chi connectivity index (χ0v) is 27.0. The molecular formula is C36H39N9O2. The van der Waals surface area contributed by atoms with E-state index in [1.807, 2.05) is 66.3 Å². The summed E-state index contributed by atoms with van der Waals surface area (Å²) < 4.78 is 12.3. The number of benzene rings is 2. The van der Waals surface area contributed by atoms with Crippen LogP contribution < -0.4 is 15.8 Å². The van der Waals surface area contributed by atoms with Crippen LogP contribution in [0.25, 0.3) is 33.1 Å². The van der Waals surface area contributed by atoms with E-state index in [4.69, 9.17) is 15.5 Å². The molecule has 1 amide bonds. The fourth-order valence-corrected chi connectivity index (χ4v) is 7.74. The Kier molecular flexibility index (Phi) is 7.20. The fraction of sp³-hybridized carbons (Fsp3) is 0.333. The summed E-state index contributed by atoms with van der Waals surface area (Å²) >= 11 is 0. The van der Waals surface area contributed by atoms with Crippen molar-refractivity contribution in [3.8, 4) is 16.9 Å². The van der Waals surface area contributed by atoms with Crippen molar-refractivity contribution in [2.24, 2.45) is 7.05 Å². The average Bonchev–Trinajstić information content (AvgIpc) is 3.78. The molecule has 5 heterocycles. The number of imidazole rings is 1. The lowest BCUT2D eigenvalue weighted by Gasteiger charge is -2.39. The van der Waals surface area contributed by atoms with Crippen LogP contribution in [0.5, 0.6) is 5.75 Å². The first-order chi connectivity index (χ1) is 22.9. The number of nitrogen functional groups attached to an aromatic ring is 1. The maximum atomic E-state index is 13.4. The van der Waals surface area contributed by atoms with Gasteiger partial charge in [-0.1, -0.05) is 24.3 Å². The van der Waals surface area contributed by atoms with Gasteiger partial charge in [-0.2, -0.15) is 0 Å². The molecule has 11 nitrogen and oxygen atoms in total. The lowest BCUT2D eigenvalue weighted by Crippen LogP contribution is -2.43. The van der Waals surface area contributed by atoms with E-state index in [2.05, 4.69) is 42.4 Å². The molecule has 1 aliphatic carbocycles. The van der Waals surface area contributed by atoms with Gasteiger partial charge in [0.15, 0.2) is 0 Å². The van der Waals surface area contributed by atoms with Crippen LogP contribution in [-0.2, 0) is 20.1 Å². The van der Waals surface area contributed by atoms with E-state index in [1.54, 1.807) is 13.4 Å². The van der Waals surface area contributed by atoms with Crippen molar-refractivity contribution in [3.63, 3.8) is 0 Å². The second-order valence-electron chi connectivity index (χ2n) is 12.8. The summed E-state index contributed by atoms with van der Waals surface area (Å²) in [5.74, 6) is 1.91. The van der Waals surface area contributed by atoms with Gasteiger partial charge in [-0.25, -0.2) is 15.0 Å². The summed E-state index contributed by atoms with van der Waals surface area (Å²) in [7, 11) is 3.51. The molecule has 4 aromatic heterocycles. The molecule has 0 saturated heterocycles. The zero-order valence-electron chi connectivity index (χ0n) is 27.0. The second-order valence-corrected chi connectivity index (χ2v) is 12.8. The topological polar surface area (TPSA) is 121 Å². The van der Waals surface area contributed by atoms with Crippen molar-refractivity contribution >= 4 is 39.3 Å². The number of aryl methyl sites for hydroxylation is 2. The van der Waals surface area contributed by atoms with Gasteiger partial charge in [-0.15, -0.1) is 0 Å². The number of carbonyl (C=O) groups is 1. The number of rotatable bonds is 6. The number of nitrogens with zero attached hydrogens (tertiary/aromatic N) is 7. The molecule has 0 atom stereocenters. The first kappa shape index (κ1) is 29.3. The number of ether oxygens (including phenoxy) is 1. The minimum absolute atomic E-state index is 0.204. The molecular weight excluding hydrogens is 590 g/mol. The van der Waals surface area contributed by atoms with Crippen molar-refractivity contribution in [1.82, 2.24) is 33.6 Å². The molecule has 0 spiro atoms. The number of hydrogen-bond acceptors (Lipinski definition) is 7. The Morgan fingerprint density at radius 1 is 1.00 bits per heavy atom. The van der Waals surface area contributed by atoms with Crippen LogP contribution in [0.15, 0.2) is 67.3 Å². The molecule has 6 aromatic rings. The van der Waals surface area contributed by atoms with Gasteiger partial charge in [0, 0.05) is 67.6 Å². The first-order valence-electron chi connectivity index (χ1n) is 16.3. The molecule has 0 unspecified atom stereocenters. The highest BCUT2D eigenvalue weighted by atomic mass is 16.5. The quantitative estimate of drug-likeness (QED) is 0.234. The monoisotopic (exact) mass is 629 g/mol. The smallest absolute Gasteiger partial charge is 0.272 e. The summed E-state index contributed by atoms with van der Waals surface area (Å²) in [4.78, 5) is 29.6. The number of aromatic nitrogens is 6. The molecule has 240 valence electrons. The molecule has 3 N–H and O–H groups in total. The summed E-state index contributed by atoms with van der Waals surface area (Å²) in [6.45, 7) is 5.14. The highest BCUT2D eigenvalue weighted by Gasteiger charge is 2.31. The van der Waals surface area contributed by atoms with Gasteiger partial charge >= 0.3 is 0 Å². The van der Waals surface area contributed by atoms with E-state index in [9.17, 15) is 4.79 Å². The zero-order chi connectivity index (χ0) is 32.2. The summed E-state index contributed by atoms with van der Waals surface area (Å²) in [5.41, 5.74) is 12.7. The summed E-state index contributed by atoms with van der Waals surface area (Å²) in [6.07, 6.45) is 10.1. The first-order valence-corrected chi connectivity index (χ1v) is 16.3. The third-order valence-corrected chi connectivity index (χ3v) is 10.3. The molecule has 1 aliphatic heterocycles. The SMILES string of the molecule is COc1cc(-c2cn(C3CCC(N4CCn5c(cnc5C)C4)CC3)c3ncnc(N)c23)ccc1NC(=O)c1cc2ccccc2n1C. The van der Waals surface area contributed by atoms with E-state index in [0.29, 0.717) is 35.0 Å². The third-order valence-electron chi connectivity index (χ3n) is 10.3. The predicted molar refractivity (Wildman–Crippen MR) is 183 cm³/mol. The van der Waals surface area contributed by atoms with Crippen LogP contribution in [0.3, 0.4) is 0 Å². The van der Waals surface area contributed by atoms with Crippen LogP contribution in [0, 0.1) is 6.92 Å². The number of nitrogens with one attached hydrogen (secondary N) is 1. The van der Waals surface area contributed by atoms with Crippen molar-refractivity contribution in [3.05, 3.63) is 84.5 Å². The van der Waals surface area contributed by atoms with Crippen LogP contribution in [0.2, 0.25) is 0 Å².